The van der Waals surface area contributed by atoms with Gasteiger partial charge in [-0.15, -0.1) is 0 Å². The van der Waals surface area contributed by atoms with E-state index in [1.807, 2.05) is 60.7 Å². The molecule has 0 saturated carbocycles. The molecule has 0 aliphatic carbocycles. The maximum atomic E-state index is 13.4. The van der Waals surface area contributed by atoms with E-state index in [1.54, 1.807) is 36.3 Å². The summed E-state index contributed by atoms with van der Waals surface area (Å²) in [7, 11) is -1.96. The van der Waals surface area contributed by atoms with Gasteiger partial charge in [0.15, 0.2) is 0 Å². The van der Waals surface area contributed by atoms with Gasteiger partial charge in [0.25, 0.3) is 0 Å². The number of methoxy groups -OCH3 is 1. The van der Waals surface area contributed by atoms with Crippen LogP contribution < -0.4 is 9.46 Å². The summed E-state index contributed by atoms with van der Waals surface area (Å²) in [5.74, 6) is 0.516. The third-order valence-electron chi connectivity index (χ3n) is 5.04. The van der Waals surface area contributed by atoms with E-state index < -0.39 is 16.1 Å². The molecule has 1 amide bonds. The smallest absolute Gasteiger partial charge is 0.225 e. The number of rotatable bonds is 10. The first kappa shape index (κ1) is 23.5. The van der Waals surface area contributed by atoms with Crippen molar-refractivity contribution >= 4 is 15.9 Å². The highest BCUT2D eigenvalue weighted by molar-refractivity contribution is 7.88. The molecular weight excluding hydrogens is 424 g/mol. The lowest BCUT2D eigenvalue weighted by atomic mass is 10.0. The van der Waals surface area contributed by atoms with Gasteiger partial charge >= 0.3 is 0 Å². The van der Waals surface area contributed by atoms with Crippen molar-refractivity contribution in [3.05, 3.63) is 102 Å². The van der Waals surface area contributed by atoms with E-state index in [9.17, 15) is 13.2 Å². The molecule has 168 valence electrons. The van der Waals surface area contributed by atoms with Gasteiger partial charge in [0.05, 0.1) is 19.4 Å². The Bertz CT molecular complexity index is 1060. The topological polar surface area (TPSA) is 75.7 Å². The highest BCUT2D eigenvalue weighted by Gasteiger charge is 2.24. The molecule has 32 heavy (non-hydrogen) atoms. The lowest BCUT2D eigenvalue weighted by Crippen LogP contribution is -2.35. The van der Waals surface area contributed by atoms with Crippen LogP contribution in [0.1, 0.15) is 29.2 Å². The summed E-state index contributed by atoms with van der Waals surface area (Å²) in [5.41, 5.74) is 2.71. The summed E-state index contributed by atoms with van der Waals surface area (Å²) in [6.07, 6.45) is 1.10. The fraction of sp³-hybridized carbons (Fsp3) is 0.240. The predicted molar refractivity (Wildman–Crippen MR) is 125 cm³/mol. The van der Waals surface area contributed by atoms with E-state index in [4.69, 9.17) is 4.74 Å². The Kier molecular flexibility index (Phi) is 8.03. The first-order valence-corrected chi connectivity index (χ1v) is 12.2. The third-order valence-corrected chi connectivity index (χ3v) is 5.75. The number of ether oxygens (including phenoxy) is 1. The zero-order valence-corrected chi connectivity index (χ0v) is 19.1. The molecule has 0 unspecified atom stereocenters. The number of sulfonamides is 1. The summed E-state index contributed by atoms with van der Waals surface area (Å²) in [6, 6.07) is 25.9. The molecule has 0 bridgehead atoms. The number of hydrogen-bond acceptors (Lipinski definition) is 4. The second-order valence-corrected chi connectivity index (χ2v) is 9.42. The van der Waals surface area contributed by atoms with E-state index in [1.165, 1.54) is 0 Å². The lowest BCUT2D eigenvalue weighted by Gasteiger charge is -2.26. The molecule has 3 rings (SSSR count). The van der Waals surface area contributed by atoms with Crippen molar-refractivity contribution in [1.82, 2.24) is 9.62 Å². The Morgan fingerprint density at radius 2 is 1.38 bits per heavy atom. The molecule has 0 fully saturated rings. The highest BCUT2D eigenvalue weighted by atomic mass is 32.2. The van der Waals surface area contributed by atoms with E-state index >= 15 is 0 Å². The number of carbonyl (C=O) groups excluding carboxylic acids is 1. The molecule has 7 heteroatoms. The summed E-state index contributed by atoms with van der Waals surface area (Å²) >= 11 is 0. The van der Waals surface area contributed by atoms with E-state index in [0.29, 0.717) is 24.4 Å². The van der Waals surface area contributed by atoms with Crippen LogP contribution in [0.15, 0.2) is 84.9 Å². The molecule has 0 heterocycles. The van der Waals surface area contributed by atoms with Gasteiger partial charge in [0, 0.05) is 19.5 Å². The predicted octanol–water partition coefficient (Wildman–Crippen LogP) is 3.90. The van der Waals surface area contributed by atoms with Crippen LogP contribution in [0.5, 0.6) is 5.75 Å². The first-order chi connectivity index (χ1) is 15.3. The maximum absolute atomic E-state index is 13.4. The third kappa shape index (κ3) is 7.21. The Balaban J connectivity index is 1.85. The van der Waals surface area contributed by atoms with Crippen molar-refractivity contribution in [1.29, 1.82) is 0 Å². The standard InChI is InChI=1S/C25H28N2O4S/c1-31-23-15-13-22(14-16-23)24(26-32(2,29)30)17-25(28)27(18-20-9-5-3-6-10-20)19-21-11-7-4-8-12-21/h3-16,24,26H,17-19H2,1-2H3/t24-/m1/s1. The molecule has 1 N–H and O–H groups in total. The number of hydrogen-bond donors (Lipinski definition) is 1. The molecule has 6 nitrogen and oxygen atoms in total. The zero-order chi connectivity index (χ0) is 23.0. The summed E-state index contributed by atoms with van der Waals surface area (Å²) < 4.78 is 31.8. The van der Waals surface area contributed by atoms with Crippen LogP contribution in [0.25, 0.3) is 0 Å². The van der Waals surface area contributed by atoms with Crippen LogP contribution in [0, 0.1) is 0 Å². The van der Waals surface area contributed by atoms with Crippen LogP contribution in [-0.2, 0) is 27.9 Å². The van der Waals surface area contributed by atoms with Crippen molar-refractivity contribution in [3.8, 4) is 5.75 Å². The fourth-order valence-electron chi connectivity index (χ4n) is 3.47. The van der Waals surface area contributed by atoms with Gasteiger partial charge in [-0.05, 0) is 28.8 Å². The number of nitrogens with one attached hydrogen (secondary N) is 1. The molecule has 0 radical (unpaired) electrons. The second kappa shape index (κ2) is 10.9. The zero-order valence-electron chi connectivity index (χ0n) is 18.3. The minimum Gasteiger partial charge on any atom is -0.497 e. The van der Waals surface area contributed by atoms with Gasteiger partial charge in [0.2, 0.25) is 15.9 Å². The van der Waals surface area contributed by atoms with Crippen molar-refractivity contribution in [2.24, 2.45) is 0 Å². The molecule has 3 aromatic rings. The van der Waals surface area contributed by atoms with Gasteiger partial charge in [0.1, 0.15) is 5.75 Å². The Labute approximate surface area is 189 Å². The monoisotopic (exact) mass is 452 g/mol. The fourth-order valence-corrected chi connectivity index (χ4v) is 4.20. The lowest BCUT2D eigenvalue weighted by molar-refractivity contribution is -0.133. The molecule has 3 aromatic carbocycles. The number of amides is 1. The van der Waals surface area contributed by atoms with Crippen LogP contribution in [0.3, 0.4) is 0 Å². The highest BCUT2D eigenvalue weighted by Crippen LogP contribution is 2.23. The van der Waals surface area contributed by atoms with Crippen molar-refractivity contribution < 1.29 is 17.9 Å². The Hall–Kier alpha value is -3.16. The number of carbonyl (C=O) groups is 1. The van der Waals surface area contributed by atoms with Gasteiger partial charge in [-0.2, -0.15) is 0 Å². The minimum absolute atomic E-state index is 0.000927. The van der Waals surface area contributed by atoms with Crippen LogP contribution in [-0.4, -0.2) is 32.6 Å². The van der Waals surface area contributed by atoms with Crippen molar-refractivity contribution in [2.45, 2.75) is 25.6 Å². The van der Waals surface area contributed by atoms with E-state index in [0.717, 1.165) is 17.4 Å². The number of benzene rings is 3. The summed E-state index contributed by atoms with van der Waals surface area (Å²) in [4.78, 5) is 15.2. The SMILES string of the molecule is COc1ccc([C@@H](CC(=O)N(Cc2ccccc2)Cc2ccccc2)NS(C)(=O)=O)cc1. The van der Waals surface area contributed by atoms with Gasteiger partial charge in [-0.3, -0.25) is 4.79 Å². The first-order valence-electron chi connectivity index (χ1n) is 10.3. The Morgan fingerprint density at radius 1 is 0.875 bits per heavy atom. The summed E-state index contributed by atoms with van der Waals surface area (Å²) in [6.45, 7) is 0.867. The van der Waals surface area contributed by atoms with Crippen LogP contribution in [0.2, 0.25) is 0 Å². The van der Waals surface area contributed by atoms with Gasteiger partial charge in [-0.25, -0.2) is 13.1 Å². The molecule has 0 aliphatic heterocycles. The van der Waals surface area contributed by atoms with E-state index in [-0.39, 0.29) is 12.3 Å². The second-order valence-electron chi connectivity index (χ2n) is 7.64. The summed E-state index contributed by atoms with van der Waals surface area (Å²) in [5, 5.41) is 0. The van der Waals surface area contributed by atoms with Crippen LogP contribution in [0.4, 0.5) is 0 Å². The maximum Gasteiger partial charge on any atom is 0.225 e. The van der Waals surface area contributed by atoms with Gasteiger partial charge < -0.3 is 9.64 Å². The molecule has 0 aliphatic rings. The van der Waals surface area contributed by atoms with Crippen LogP contribution >= 0.6 is 0 Å². The van der Waals surface area contributed by atoms with Crippen molar-refractivity contribution in [3.63, 3.8) is 0 Å². The largest absolute Gasteiger partial charge is 0.497 e. The van der Waals surface area contributed by atoms with Gasteiger partial charge in [-0.1, -0.05) is 72.8 Å². The number of nitrogens with zero attached hydrogens (tertiary/aromatic N) is 1. The normalized spacial score (nSPS) is 12.2. The molecular formula is C25H28N2O4S. The molecule has 0 spiro atoms. The molecule has 0 aromatic heterocycles. The average Bonchev–Trinajstić information content (AvgIpc) is 2.79. The minimum atomic E-state index is -3.53. The molecule has 0 saturated heterocycles. The quantitative estimate of drug-likeness (QED) is 0.506. The Morgan fingerprint density at radius 3 is 1.81 bits per heavy atom. The average molecular weight is 453 g/mol. The molecule has 1 atom stereocenters. The van der Waals surface area contributed by atoms with E-state index in [2.05, 4.69) is 4.72 Å². The van der Waals surface area contributed by atoms with Crippen molar-refractivity contribution in [2.75, 3.05) is 13.4 Å².